The maximum absolute atomic E-state index is 11.8. The zero-order valence-electron chi connectivity index (χ0n) is 16.9. The molecule has 0 spiro atoms. The molecule has 29 heavy (non-hydrogen) atoms. The van der Waals surface area contributed by atoms with Crippen molar-refractivity contribution >= 4 is 27.0 Å². The highest BCUT2D eigenvalue weighted by Crippen LogP contribution is 2.35. The van der Waals surface area contributed by atoms with Crippen molar-refractivity contribution in [2.24, 2.45) is 0 Å². The van der Waals surface area contributed by atoms with E-state index in [-0.39, 0.29) is 18.2 Å². The van der Waals surface area contributed by atoms with Crippen molar-refractivity contribution in [2.45, 2.75) is 56.2 Å². The average Bonchev–Trinajstić information content (AvgIpc) is 3.36. The molecule has 0 bridgehead atoms. The number of thiophene rings is 1. The van der Waals surface area contributed by atoms with Crippen LogP contribution in [0.15, 0.2) is 47.2 Å². The molecule has 7 heteroatoms. The topological polar surface area (TPSA) is 58.6 Å². The minimum atomic E-state index is -3.24. The molecule has 4 rings (SSSR count). The maximum atomic E-state index is 11.8. The first-order valence-corrected chi connectivity index (χ1v) is 13.3. The molecule has 2 fully saturated rings. The highest BCUT2D eigenvalue weighted by molar-refractivity contribution is 7.88. The Morgan fingerprint density at radius 3 is 2.52 bits per heavy atom. The van der Waals surface area contributed by atoms with E-state index in [0.29, 0.717) is 12.5 Å². The molecule has 1 aliphatic heterocycles. The number of hydrogen-bond acceptors (Lipinski definition) is 5. The number of rotatable bonds is 7. The van der Waals surface area contributed by atoms with Gasteiger partial charge in [-0.2, -0.15) is 11.3 Å². The zero-order chi connectivity index (χ0) is 20.3. The number of sulfonamides is 1. The number of ether oxygens (including phenoxy) is 1. The van der Waals surface area contributed by atoms with Crippen LogP contribution in [-0.4, -0.2) is 46.0 Å². The van der Waals surface area contributed by atoms with Crippen LogP contribution in [0.4, 0.5) is 5.69 Å². The van der Waals surface area contributed by atoms with E-state index in [0.717, 1.165) is 44.3 Å². The maximum Gasteiger partial charge on any atom is 0.209 e. The van der Waals surface area contributed by atoms with E-state index in [1.807, 2.05) is 0 Å². The fourth-order valence-electron chi connectivity index (χ4n) is 4.74. The number of anilines is 1. The molecule has 1 aromatic heterocycles. The Kier molecular flexibility index (Phi) is 6.59. The lowest BCUT2D eigenvalue weighted by atomic mass is 9.83. The van der Waals surface area contributed by atoms with Crippen molar-refractivity contribution in [1.29, 1.82) is 0 Å². The average molecular weight is 435 g/mol. The lowest BCUT2D eigenvalue weighted by Gasteiger charge is -2.33. The van der Waals surface area contributed by atoms with Gasteiger partial charge in [0.2, 0.25) is 10.0 Å². The largest absolute Gasteiger partial charge is 0.376 e. The molecule has 1 N–H and O–H groups in total. The molecule has 1 aliphatic carbocycles. The van der Waals surface area contributed by atoms with Gasteiger partial charge in [-0.1, -0.05) is 30.3 Å². The summed E-state index contributed by atoms with van der Waals surface area (Å²) in [5.41, 5.74) is 2.59. The van der Waals surface area contributed by atoms with Crippen molar-refractivity contribution in [3.63, 3.8) is 0 Å². The van der Waals surface area contributed by atoms with Gasteiger partial charge in [0.25, 0.3) is 0 Å². The summed E-state index contributed by atoms with van der Waals surface area (Å²) in [5, 5.41) is 4.19. The first kappa shape index (κ1) is 20.8. The number of benzene rings is 1. The van der Waals surface area contributed by atoms with Gasteiger partial charge in [-0.05, 0) is 55.0 Å². The van der Waals surface area contributed by atoms with Crippen LogP contribution in [0.2, 0.25) is 0 Å². The Bertz CT molecular complexity index is 863. The first-order valence-electron chi connectivity index (χ1n) is 10.4. The van der Waals surface area contributed by atoms with Crippen molar-refractivity contribution < 1.29 is 13.2 Å². The molecule has 0 amide bonds. The number of nitrogens with zero attached hydrogens (tertiary/aromatic N) is 1. The van der Waals surface area contributed by atoms with Gasteiger partial charge in [-0.15, -0.1) is 0 Å². The molecular weight excluding hydrogens is 404 g/mol. The lowest BCUT2D eigenvalue weighted by molar-refractivity contribution is 0.0157. The van der Waals surface area contributed by atoms with Crippen LogP contribution >= 0.6 is 11.3 Å². The quantitative estimate of drug-likeness (QED) is 0.716. The van der Waals surface area contributed by atoms with Crippen LogP contribution in [0.3, 0.4) is 0 Å². The second-order valence-electron chi connectivity index (χ2n) is 8.25. The molecule has 5 nitrogen and oxygen atoms in total. The summed E-state index contributed by atoms with van der Waals surface area (Å²) in [6.45, 7) is 1.41. The third-order valence-electron chi connectivity index (χ3n) is 6.20. The van der Waals surface area contributed by atoms with Gasteiger partial charge in [-0.25, -0.2) is 13.1 Å². The Morgan fingerprint density at radius 2 is 1.86 bits per heavy atom. The minimum absolute atomic E-state index is 0.0335. The van der Waals surface area contributed by atoms with Crippen LogP contribution in [0.1, 0.15) is 43.6 Å². The van der Waals surface area contributed by atoms with Crippen LogP contribution in [0.5, 0.6) is 0 Å². The van der Waals surface area contributed by atoms with Crippen LogP contribution in [0.25, 0.3) is 0 Å². The standard InChI is InChI=1S/C22H30N2O3S2/c1-29(25,26)23-21-11-13-24(19-12-14-28-16-19)22(21)15-27-20-9-7-18(8-10-20)17-5-3-2-4-6-17/h2-6,12,14,16,18,20-23H,7-11,13,15H2,1H3/t18?,20?,21-,22-/m0/s1. The molecule has 0 unspecified atom stereocenters. The van der Waals surface area contributed by atoms with E-state index in [1.54, 1.807) is 11.3 Å². The molecule has 0 radical (unpaired) electrons. The Morgan fingerprint density at radius 1 is 1.10 bits per heavy atom. The Labute approximate surface area is 178 Å². The van der Waals surface area contributed by atoms with Crippen molar-refractivity contribution in [3.05, 3.63) is 52.7 Å². The second-order valence-corrected chi connectivity index (χ2v) is 10.8. The summed E-state index contributed by atoms with van der Waals surface area (Å²) in [4.78, 5) is 2.30. The predicted octanol–water partition coefficient (Wildman–Crippen LogP) is 3.99. The third-order valence-corrected chi connectivity index (χ3v) is 7.60. The van der Waals surface area contributed by atoms with Gasteiger partial charge in [0.15, 0.2) is 0 Å². The van der Waals surface area contributed by atoms with Crippen LogP contribution < -0.4 is 9.62 Å². The third kappa shape index (κ3) is 5.40. The number of hydrogen-bond donors (Lipinski definition) is 1. The molecule has 1 saturated carbocycles. The molecule has 2 aliphatic rings. The van der Waals surface area contributed by atoms with Gasteiger partial charge in [-0.3, -0.25) is 0 Å². The van der Waals surface area contributed by atoms with E-state index in [2.05, 4.69) is 56.8 Å². The van der Waals surface area contributed by atoms with E-state index < -0.39 is 10.0 Å². The fraction of sp³-hybridized carbons (Fsp3) is 0.545. The molecule has 2 atom stereocenters. The summed E-state index contributed by atoms with van der Waals surface area (Å²) in [7, 11) is -3.24. The molecular formula is C22H30N2O3S2. The minimum Gasteiger partial charge on any atom is -0.376 e. The fourth-order valence-corrected chi connectivity index (χ4v) is 6.21. The second kappa shape index (κ2) is 9.16. The summed E-state index contributed by atoms with van der Waals surface area (Å²) in [6, 6.07) is 12.8. The van der Waals surface area contributed by atoms with Crippen LogP contribution in [-0.2, 0) is 14.8 Å². The van der Waals surface area contributed by atoms with Gasteiger partial charge in [0.05, 0.1) is 25.0 Å². The SMILES string of the molecule is CS(=O)(=O)N[C@H]1CCN(c2ccsc2)[C@H]1COC1CCC(c2ccccc2)CC1. The van der Waals surface area contributed by atoms with Crippen molar-refractivity contribution in [2.75, 3.05) is 24.3 Å². The van der Waals surface area contributed by atoms with Crippen molar-refractivity contribution in [1.82, 2.24) is 4.72 Å². The van der Waals surface area contributed by atoms with E-state index in [9.17, 15) is 8.42 Å². The van der Waals surface area contributed by atoms with Gasteiger partial charge in [0.1, 0.15) is 0 Å². The Hall–Kier alpha value is -1.41. The van der Waals surface area contributed by atoms with Gasteiger partial charge >= 0.3 is 0 Å². The smallest absolute Gasteiger partial charge is 0.209 e. The predicted molar refractivity (Wildman–Crippen MR) is 119 cm³/mol. The van der Waals surface area contributed by atoms with E-state index >= 15 is 0 Å². The molecule has 158 valence electrons. The van der Waals surface area contributed by atoms with E-state index in [4.69, 9.17) is 4.74 Å². The summed E-state index contributed by atoms with van der Waals surface area (Å²) >= 11 is 1.67. The molecule has 2 aromatic rings. The summed E-state index contributed by atoms with van der Waals surface area (Å²) in [5.74, 6) is 0.629. The van der Waals surface area contributed by atoms with Crippen LogP contribution in [0, 0.1) is 0 Å². The highest BCUT2D eigenvalue weighted by Gasteiger charge is 2.37. The van der Waals surface area contributed by atoms with Crippen molar-refractivity contribution in [3.8, 4) is 0 Å². The number of nitrogens with one attached hydrogen (secondary N) is 1. The Balaban J connectivity index is 1.36. The normalized spacial score (nSPS) is 28.0. The molecule has 1 saturated heterocycles. The zero-order valence-corrected chi connectivity index (χ0v) is 18.5. The van der Waals surface area contributed by atoms with Gasteiger partial charge in [0, 0.05) is 23.7 Å². The summed E-state index contributed by atoms with van der Waals surface area (Å²) < 4.78 is 32.9. The monoisotopic (exact) mass is 434 g/mol. The molecule has 2 heterocycles. The highest BCUT2D eigenvalue weighted by atomic mass is 32.2. The summed E-state index contributed by atoms with van der Waals surface area (Å²) in [6.07, 6.45) is 6.74. The lowest BCUT2D eigenvalue weighted by Crippen LogP contribution is -2.47. The molecule has 1 aromatic carbocycles. The first-order chi connectivity index (χ1) is 14.0. The van der Waals surface area contributed by atoms with E-state index in [1.165, 1.54) is 11.8 Å². The van der Waals surface area contributed by atoms with Gasteiger partial charge < -0.3 is 9.64 Å².